The number of carbonyl (C=O) groups is 1. The van der Waals surface area contributed by atoms with E-state index < -0.39 is 15.9 Å². The fourth-order valence-corrected chi connectivity index (χ4v) is 6.13. The van der Waals surface area contributed by atoms with Gasteiger partial charge >= 0.3 is 0 Å². The Balaban J connectivity index is 1.58. The van der Waals surface area contributed by atoms with E-state index in [1.54, 1.807) is 31.2 Å². The summed E-state index contributed by atoms with van der Waals surface area (Å²) in [6.07, 6.45) is 2.72. The maximum absolute atomic E-state index is 13.2. The second-order valence-corrected chi connectivity index (χ2v) is 11.0. The highest BCUT2D eigenvalue weighted by Gasteiger charge is 2.27. The highest BCUT2D eigenvalue weighted by atomic mass is 32.2. The van der Waals surface area contributed by atoms with Crippen LogP contribution in [0.5, 0.6) is 0 Å². The molecule has 3 aromatic rings. The number of nitrogens with one attached hydrogen (secondary N) is 1. The zero-order chi connectivity index (χ0) is 22.9. The van der Waals surface area contributed by atoms with Crippen molar-refractivity contribution in [2.24, 2.45) is 0 Å². The van der Waals surface area contributed by atoms with Crippen molar-refractivity contribution in [2.75, 3.05) is 18.4 Å². The van der Waals surface area contributed by atoms with Crippen LogP contribution in [-0.2, 0) is 10.0 Å². The van der Waals surface area contributed by atoms with Gasteiger partial charge < -0.3 is 0 Å². The van der Waals surface area contributed by atoms with Crippen LogP contribution in [0.3, 0.4) is 0 Å². The normalized spacial score (nSPS) is 15.0. The lowest BCUT2D eigenvalue weighted by atomic mass is 10.1. The molecular weight excluding hydrogens is 449 g/mol. The zero-order valence-corrected chi connectivity index (χ0v) is 19.5. The Labute approximate surface area is 191 Å². The van der Waals surface area contributed by atoms with E-state index in [4.69, 9.17) is 0 Å². The molecule has 1 amide bonds. The SMILES string of the molecule is Cc1ccc(S(=O)(=O)N2CCCCC2)cc1C(=O)Nc1nc(-c2ccc(F)cc2)c(C)s1. The van der Waals surface area contributed by atoms with Crippen LogP contribution in [0.15, 0.2) is 47.4 Å². The summed E-state index contributed by atoms with van der Waals surface area (Å²) < 4.78 is 40.7. The number of hydrogen-bond donors (Lipinski definition) is 1. The van der Waals surface area contributed by atoms with Gasteiger partial charge in [-0.2, -0.15) is 4.31 Å². The maximum Gasteiger partial charge on any atom is 0.257 e. The molecule has 0 aliphatic carbocycles. The van der Waals surface area contributed by atoms with Gasteiger partial charge in [-0.25, -0.2) is 17.8 Å². The fourth-order valence-electron chi connectivity index (χ4n) is 3.75. The fraction of sp³-hybridized carbons (Fsp3) is 0.304. The third kappa shape index (κ3) is 4.60. The molecule has 0 atom stereocenters. The Bertz CT molecular complexity index is 1250. The summed E-state index contributed by atoms with van der Waals surface area (Å²) in [5.74, 6) is -0.748. The molecule has 1 fully saturated rings. The van der Waals surface area contributed by atoms with Gasteiger partial charge in [-0.3, -0.25) is 10.1 Å². The number of nitrogens with zero attached hydrogens (tertiary/aromatic N) is 2. The average Bonchev–Trinajstić information content (AvgIpc) is 3.14. The molecule has 4 rings (SSSR count). The van der Waals surface area contributed by atoms with Crippen molar-refractivity contribution in [1.82, 2.24) is 9.29 Å². The van der Waals surface area contributed by atoms with Crippen LogP contribution in [0.25, 0.3) is 11.3 Å². The number of benzene rings is 2. The lowest BCUT2D eigenvalue weighted by Gasteiger charge is -2.26. The second kappa shape index (κ2) is 9.09. The molecule has 2 heterocycles. The van der Waals surface area contributed by atoms with Crippen LogP contribution < -0.4 is 5.32 Å². The number of rotatable bonds is 5. The van der Waals surface area contributed by atoms with Crippen molar-refractivity contribution in [2.45, 2.75) is 38.0 Å². The molecule has 32 heavy (non-hydrogen) atoms. The van der Waals surface area contributed by atoms with E-state index in [0.717, 1.165) is 29.7 Å². The number of thiazole rings is 1. The molecule has 2 aromatic carbocycles. The van der Waals surface area contributed by atoms with E-state index in [9.17, 15) is 17.6 Å². The molecule has 6 nitrogen and oxygen atoms in total. The minimum atomic E-state index is -3.64. The van der Waals surface area contributed by atoms with Crippen molar-refractivity contribution < 1.29 is 17.6 Å². The minimum absolute atomic E-state index is 0.123. The quantitative estimate of drug-likeness (QED) is 0.566. The monoisotopic (exact) mass is 473 g/mol. The maximum atomic E-state index is 13.2. The number of aryl methyl sites for hydroxylation is 2. The minimum Gasteiger partial charge on any atom is -0.298 e. The number of halogens is 1. The lowest BCUT2D eigenvalue weighted by Crippen LogP contribution is -2.35. The predicted molar refractivity (Wildman–Crippen MR) is 124 cm³/mol. The molecule has 9 heteroatoms. The van der Waals surface area contributed by atoms with Gasteiger partial charge in [0.25, 0.3) is 5.91 Å². The summed E-state index contributed by atoms with van der Waals surface area (Å²) in [5.41, 5.74) is 2.39. The second-order valence-electron chi connectivity index (χ2n) is 7.83. The molecule has 168 valence electrons. The summed E-state index contributed by atoms with van der Waals surface area (Å²) in [4.78, 5) is 18.5. The third-order valence-electron chi connectivity index (χ3n) is 5.54. The summed E-state index contributed by atoms with van der Waals surface area (Å²) in [5, 5.41) is 3.18. The molecule has 0 radical (unpaired) electrons. The molecule has 1 aliphatic heterocycles. The van der Waals surface area contributed by atoms with Crippen molar-refractivity contribution in [3.63, 3.8) is 0 Å². The van der Waals surface area contributed by atoms with Gasteiger partial charge in [0, 0.05) is 29.1 Å². The first kappa shape index (κ1) is 22.6. The number of piperidine rings is 1. The summed E-state index contributed by atoms with van der Waals surface area (Å²) in [6, 6.07) is 10.7. The van der Waals surface area contributed by atoms with E-state index in [-0.39, 0.29) is 10.7 Å². The average molecular weight is 474 g/mol. The largest absolute Gasteiger partial charge is 0.298 e. The van der Waals surface area contributed by atoms with Gasteiger partial charge in [0.05, 0.1) is 10.6 Å². The van der Waals surface area contributed by atoms with Crippen LogP contribution in [0.1, 0.15) is 40.1 Å². The molecule has 1 aliphatic rings. The van der Waals surface area contributed by atoms with Crippen LogP contribution in [-0.4, -0.2) is 36.7 Å². The number of sulfonamides is 1. The molecule has 1 N–H and O–H groups in total. The number of aromatic nitrogens is 1. The standard InChI is InChI=1S/C23H24FN3O3S2/c1-15-6-11-19(32(29,30)27-12-4-3-5-13-27)14-20(15)22(28)26-23-25-21(16(2)31-23)17-7-9-18(24)10-8-17/h6-11,14H,3-5,12-13H2,1-2H3,(H,25,26,28). The van der Waals surface area contributed by atoms with E-state index in [2.05, 4.69) is 10.3 Å². The zero-order valence-electron chi connectivity index (χ0n) is 17.9. The summed E-state index contributed by atoms with van der Waals surface area (Å²) >= 11 is 1.31. The van der Waals surface area contributed by atoms with Crippen LogP contribution in [0.2, 0.25) is 0 Å². The van der Waals surface area contributed by atoms with E-state index >= 15 is 0 Å². The predicted octanol–water partition coefficient (Wildman–Crippen LogP) is 4.99. The highest BCUT2D eigenvalue weighted by Crippen LogP contribution is 2.31. The Morgan fingerprint density at radius 3 is 2.44 bits per heavy atom. The van der Waals surface area contributed by atoms with Gasteiger partial charge in [-0.1, -0.05) is 12.5 Å². The molecule has 0 unspecified atom stereocenters. The Morgan fingerprint density at radius 1 is 1.06 bits per heavy atom. The van der Waals surface area contributed by atoms with Gasteiger partial charge in [0.2, 0.25) is 10.0 Å². The van der Waals surface area contributed by atoms with Gasteiger partial charge in [0.1, 0.15) is 5.82 Å². The highest BCUT2D eigenvalue weighted by molar-refractivity contribution is 7.89. The Morgan fingerprint density at radius 2 is 1.75 bits per heavy atom. The lowest BCUT2D eigenvalue weighted by molar-refractivity contribution is 0.102. The van der Waals surface area contributed by atoms with E-state index in [1.807, 2.05) is 6.92 Å². The van der Waals surface area contributed by atoms with E-state index in [0.29, 0.717) is 35.0 Å². The van der Waals surface area contributed by atoms with E-state index in [1.165, 1.54) is 33.8 Å². The first-order valence-electron chi connectivity index (χ1n) is 10.4. The molecule has 0 saturated carbocycles. The topological polar surface area (TPSA) is 79.4 Å². The summed E-state index contributed by atoms with van der Waals surface area (Å²) in [7, 11) is -3.64. The van der Waals surface area contributed by atoms with Crippen molar-refractivity contribution >= 4 is 32.4 Å². The van der Waals surface area contributed by atoms with Crippen LogP contribution >= 0.6 is 11.3 Å². The van der Waals surface area contributed by atoms with Gasteiger partial charge in [-0.15, -0.1) is 11.3 Å². The summed E-state index contributed by atoms with van der Waals surface area (Å²) in [6.45, 7) is 4.65. The third-order valence-corrected chi connectivity index (χ3v) is 8.32. The smallest absolute Gasteiger partial charge is 0.257 e. The molecule has 0 spiro atoms. The molecular formula is C23H24FN3O3S2. The number of hydrogen-bond acceptors (Lipinski definition) is 5. The van der Waals surface area contributed by atoms with Crippen molar-refractivity contribution in [3.05, 3.63) is 64.3 Å². The Hall–Kier alpha value is -2.62. The Kier molecular flexibility index (Phi) is 6.41. The van der Waals surface area contributed by atoms with Gasteiger partial charge in [0.15, 0.2) is 5.13 Å². The molecule has 1 aromatic heterocycles. The number of carbonyl (C=O) groups excluding carboxylic acids is 1. The van der Waals surface area contributed by atoms with Crippen LogP contribution in [0, 0.1) is 19.7 Å². The first-order valence-corrected chi connectivity index (χ1v) is 12.7. The first-order chi connectivity index (χ1) is 15.3. The number of anilines is 1. The molecule has 0 bridgehead atoms. The number of amides is 1. The van der Waals surface area contributed by atoms with Crippen LogP contribution in [0.4, 0.5) is 9.52 Å². The van der Waals surface area contributed by atoms with Gasteiger partial charge in [-0.05, 0) is 68.7 Å². The molecule has 1 saturated heterocycles. The van der Waals surface area contributed by atoms with Crippen molar-refractivity contribution in [3.8, 4) is 11.3 Å². The van der Waals surface area contributed by atoms with Crippen molar-refractivity contribution in [1.29, 1.82) is 0 Å².